The molecule has 0 radical (unpaired) electrons. The predicted octanol–water partition coefficient (Wildman–Crippen LogP) is 1.63. The normalized spacial score (nSPS) is 21.8. The van der Waals surface area contributed by atoms with Crippen molar-refractivity contribution in [3.8, 4) is 0 Å². The van der Waals surface area contributed by atoms with Crippen molar-refractivity contribution in [2.24, 2.45) is 0 Å². The molecule has 1 aliphatic rings. The van der Waals surface area contributed by atoms with Gasteiger partial charge in [0.2, 0.25) is 0 Å². The molecule has 5 nitrogen and oxygen atoms in total. The molecule has 1 saturated carbocycles. The summed E-state index contributed by atoms with van der Waals surface area (Å²) in [6.07, 6.45) is 3.16. The molecule has 110 valence electrons. The summed E-state index contributed by atoms with van der Waals surface area (Å²) in [5, 5.41) is 3.07. The van der Waals surface area contributed by atoms with Crippen LogP contribution in [0.5, 0.6) is 0 Å². The van der Waals surface area contributed by atoms with E-state index in [1.54, 1.807) is 19.2 Å². The number of amides is 1. The molecule has 0 saturated heterocycles. The van der Waals surface area contributed by atoms with Gasteiger partial charge in [0.1, 0.15) is 0 Å². The third kappa shape index (κ3) is 3.04. The Hall–Kier alpha value is -1.75. The second-order valence-corrected chi connectivity index (χ2v) is 5.46. The fourth-order valence-corrected chi connectivity index (χ4v) is 2.74. The predicted molar refractivity (Wildman–Crippen MR) is 81.1 cm³/mol. The van der Waals surface area contributed by atoms with Crippen molar-refractivity contribution in [1.82, 2.24) is 5.32 Å². The van der Waals surface area contributed by atoms with Crippen molar-refractivity contribution < 1.29 is 9.53 Å². The van der Waals surface area contributed by atoms with Gasteiger partial charge in [0, 0.05) is 32.6 Å². The fraction of sp³-hybridized carbons (Fsp3) is 0.533. The SMILES string of the molecule is COC1CCCC1NC(=O)c1cc(N)ccc1N(C)C. The van der Waals surface area contributed by atoms with Gasteiger partial charge < -0.3 is 20.7 Å². The molecular formula is C15H23N3O2. The Morgan fingerprint density at radius 1 is 1.40 bits per heavy atom. The molecule has 0 aliphatic heterocycles. The molecule has 1 aliphatic carbocycles. The Kier molecular flexibility index (Phi) is 4.49. The summed E-state index contributed by atoms with van der Waals surface area (Å²) in [6, 6.07) is 5.48. The summed E-state index contributed by atoms with van der Waals surface area (Å²) in [7, 11) is 5.52. The van der Waals surface area contributed by atoms with Gasteiger partial charge in [-0.15, -0.1) is 0 Å². The number of methoxy groups -OCH3 is 1. The van der Waals surface area contributed by atoms with Crippen molar-refractivity contribution in [2.75, 3.05) is 31.8 Å². The van der Waals surface area contributed by atoms with E-state index in [4.69, 9.17) is 10.5 Å². The van der Waals surface area contributed by atoms with E-state index in [2.05, 4.69) is 5.32 Å². The van der Waals surface area contributed by atoms with Crippen LogP contribution in [0.1, 0.15) is 29.6 Å². The van der Waals surface area contributed by atoms with E-state index in [0.29, 0.717) is 11.3 Å². The number of nitrogens with one attached hydrogen (secondary N) is 1. The first-order chi connectivity index (χ1) is 9.52. The van der Waals surface area contributed by atoms with Crippen LogP contribution in [0.25, 0.3) is 0 Å². The molecule has 1 fully saturated rings. The topological polar surface area (TPSA) is 67.6 Å². The Labute approximate surface area is 120 Å². The number of ether oxygens (including phenoxy) is 1. The van der Waals surface area contributed by atoms with E-state index in [9.17, 15) is 4.79 Å². The molecule has 0 heterocycles. The molecule has 5 heteroatoms. The highest BCUT2D eigenvalue weighted by atomic mass is 16.5. The third-order valence-electron chi connectivity index (χ3n) is 3.82. The van der Waals surface area contributed by atoms with Crippen molar-refractivity contribution in [1.29, 1.82) is 0 Å². The van der Waals surface area contributed by atoms with E-state index in [1.807, 2.05) is 25.1 Å². The molecule has 1 aromatic rings. The van der Waals surface area contributed by atoms with Gasteiger partial charge in [-0.3, -0.25) is 4.79 Å². The van der Waals surface area contributed by atoms with Crippen molar-refractivity contribution in [3.05, 3.63) is 23.8 Å². The zero-order valence-electron chi connectivity index (χ0n) is 12.3. The summed E-state index contributed by atoms with van der Waals surface area (Å²) < 4.78 is 5.41. The maximum absolute atomic E-state index is 12.5. The summed E-state index contributed by atoms with van der Waals surface area (Å²) in [6.45, 7) is 0. The smallest absolute Gasteiger partial charge is 0.253 e. The summed E-state index contributed by atoms with van der Waals surface area (Å²) in [4.78, 5) is 14.4. The number of rotatable bonds is 4. The molecule has 0 spiro atoms. The molecule has 3 N–H and O–H groups in total. The van der Waals surface area contributed by atoms with Crippen molar-refractivity contribution in [2.45, 2.75) is 31.4 Å². The Bertz CT molecular complexity index is 488. The molecule has 0 bridgehead atoms. The number of carbonyl (C=O) groups is 1. The minimum Gasteiger partial charge on any atom is -0.399 e. The molecule has 2 atom stereocenters. The van der Waals surface area contributed by atoms with E-state index >= 15 is 0 Å². The summed E-state index contributed by atoms with van der Waals surface area (Å²) in [5.74, 6) is -0.0880. The first kappa shape index (κ1) is 14.7. The van der Waals surface area contributed by atoms with Crippen LogP contribution in [0.4, 0.5) is 11.4 Å². The number of benzene rings is 1. The van der Waals surface area contributed by atoms with Crippen LogP contribution in [0.15, 0.2) is 18.2 Å². The largest absolute Gasteiger partial charge is 0.399 e. The number of nitrogens with zero attached hydrogens (tertiary/aromatic N) is 1. The van der Waals surface area contributed by atoms with Gasteiger partial charge in [-0.25, -0.2) is 0 Å². The lowest BCUT2D eigenvalue weighted by atomic mass is 10.1. The van der Waals surface area contributed by atoms with E-state index in [1.165, 1.54) is 0 Å². The van der Waals surface area contributed by atoms with E-state index < -0.39 is 0 Å². The summed E-state index contributed by atoms with van der Waals surface area (Å²) >= 11 is 0. The first-order valence-electron chi connectivity index (χ1n) is 6.93. The second-order valence-electron chi connectivity index (χ2n) is 5.46. The lowest BCUT2D eigenvalue weighted by Gasteiger charge is -2.22. The van der Waals surface area contributed by atoms with Crippen LogP contribution in [0.3, 0.4) is 0 Å². The second kappa shape index (κ2) is 6.13. The van der Waals surface area contributed by atoms with Gasteiger partial charge in [-0.1, -0.05) is 0 Å². The van der Waals surface area contributed by atoms with Crippen LogP contribution >= 0.6 is 0 Å². The van der Waals surface area contributed by atoms with Crippen LogP contribution in [-0.4, -0.2) is 39.3 Å². The maximum Gasteiger partial charge on any atom is 0.253 e. The Morgan fingerprint density at radius 3 is 2.80 bits per heavy atom. The molecule has 2 rings (SSSR count). The lowest BCUT2D eigenvalue weighted by molar-refractivity contribution is 0.0722. The highest BCUT2D eigenvalue weighted by Crippen LogP contribution is 2.24. The number of carbonyl (C=O) groups excluding carboxylic acids is 1. The standard InChI is InChI=1S/C15H23N3O2/c1-18(2)13-8-7-10(16)9-11(13)15(19)17-12-5-4-6-14(12)20-3/h7-9,12,14H,4-6,16H2,1-3H3,(H,17,19). The number of hydrogen-bond acceptors (Lipinski definition) is 4. The lowest BCUT2D eigenvalue weighted by Crippen LogP contribution is -2.41. The third-order valence-corrected chi connectivity index (χ3v) is 3.82. The highest BCUT2D eigenvalue weighted by molar-refractivity contribution is 6.00. The van der Waals surface area contributed by atoms with Gasteiger partial charge in [0.05, 0.1) is 17.7 Å². The number of nitrogen functional groups attached to an aromatic ring is 1. The number of hydrogen-bond donors (Lipinski definition) is 2. The average molecular weight is 277 g/mol. The summed E-state index contributed by atoms with van der Waals surface area (Å²) in [5.41, 5.74) is 7.87. The van der Waals surface area contributed by atoms with Crippen molar-refractivity contribution in [3.63, 3.8) is 0 Å². The van der Waals surface area contributed by atoms with Crippen LogP contribution < -0.4 is 16.0 Å². The van der Waals surface area contributed by atoms with E-state index in [-0.39, 0.29) is 18.1 Å². The molecule has 1 amide bonds. The fourth-order valence-electron chi connectivity index (χ4n) is 2.74. The minimum atomic E-state index is -0.0880. The highest BCUT2D eigenvalue weighted by Gasteiger charge is 2.29. The van der Waals surface area contributed by atoms with Gasteiger partial charge in [-0.05, 0) is 37.5 Å². The zero-order valence-corrected chi connectivity index (χ0v) is 12.3. The average Bonchev–Trinajstić information content (AvgIpc) is 2.85. The molecule has 20 heavy (non-hydrogen) atoms. The molecule has 2 unspecified atom stereocenters. The Balaban J connectivity index is 2.18. The van der Waals surface area contributed by atoms with Crippen molar-refractivity contribution >= 4 is 17.3 Å². The van der Waals surface area contributed by atoms with Gasteiger partial charge >= 0.3 is 0 Å². The quantitative estimate of drug-likeness (QED) is 0.821. The van der Waals surface area contributed by atoms with E-state index in [0.717, 1.165) is 24.9 Å². The maximum atomic E-state index is 12.5. The van der Waals surface area contributed by atoms with Gasteiger partial charge in [0.25, 0.3) is 5.91 Å². The molecule has 0 aromatic heterocycles. The monoisotopic (exact) mass is 277 g/mol. The number of nitrogens with two attached hydrogens (primary N) is 1. The minimum absolute atomic E-state index is 0.0870. The van der Waals surface area contributed by atoms with Crippen LogP contribution in [-0.2, 0) is 4.74 Å². The first-order valence-corrected chi connectivity index (χ1v) is 6.93. The molecular weight excluding hydrogens is 254 g/mol. The number of anilines is 2. The van der Waals surface area contributed by atoms with Gasteiger partial charge in [-0.2, -0.15) is 0 Å². The van der Waals surface area contributed by atoms with Crippen LogP contribution in [0.2, 0.25) is 0 Å². The Morgan fingerprint density at radius 2 is 2.15 bits per heavy atom. The zero-order chi connectivity index (χ0) is 14.7. The molecule has 1 aromatic carbocycles. The van der Waals surface area contributed by atoms with Crippen LogP contribution in [0, 0.1) is 0 Å². The van der Waals surface area contributed by atoms with Gasteiger partial charge in [0.15, 0.2) is 0 Å².